The first-order chi connectivity index (χ1) is 14.4. The molecule has 0 saturated carbocycles. The lowest BCUT2D eigenvalue weighted by Gasteiger charge is -2.11. The van der Waals surface area contributed by atoms with E-state index in [9.17, 15) is 18.8 Å². The van der Waals surface area contributed by atoms with Gasteiger partial charge in [-0.15, -0.1) is 0 Å². The van der Waals surface area contributed by atoms with E-state index in [-0.39, 0.29) is 23.9 Å². The molecule has 0 radical (unpaired) electrons. The standard InChI is InChI=1S/C21H17FINO5S/c1-2-28-19(25)11-24-20(26)18(30-21(24)27)10-13-6-7-17(16(23)9-13)29-12-14-4-3-5-15(22)8-14/h3-10H,2,11-12H2,1H3/b18-10+. The molecule has 0 aliphatic carbocycles. The smallest absolute Gasteiger partial charge is 0.326 e. The van der Waals surface area contributed by atoms with Gasteiger partial charge in [-0.1, -0.05) is 18.2 Å². The van der Waals surface area contributed by atoms with Crippen molar-refractivity contribution in [1.82, 2.24) is 4.90 Å². The van der Waals surface area contributed by atoms with Crippen molar-refractivity contribution < 1.29 is 28.2 Å². The van der Waals surface area contributed by atoms with E-state index in [0.29, 0.717) is 16.9 Å². The molecular weight excluding hydrogens is 524 g/mol. The summed E-state index contributed by atoms with van der Waals surface area (Å²) in [5.74, 6) is -0.861. The fraction of sp³-hybridized carbons (Fsp3) is 0.190. The molecule has 1 heterocycles. The summed E-state index contributed by atoms with van der Waals surface area (Å²) in [6.07, 6.45) is 1.59. The van der Waals surface area contributed by atoms with Crippen LogP contribution in [-0.2, 0) is 20.9 Å². The number of hydrogen-bond acceptors (Lipinski definition) is 6. The van der Waals surface area contributed by atoms with Crippen molar-refractivity contribution in [2.45, 2.75) is 13.5 Å². The third-order valence-corrected chi connectivity index (χ3v) is 5.75. The Hall–Kier alpha value is -2.40. The molecule has 0 aromatic heterocycles. The van der Waals surface area contributed by atoms with Gasteiger partial charge in [0, 0.05) is 0 Å². The number of ether oxygens (including phenoxy) is 2. The van der Waals surface area contributed by atoms with Crippen molar-refractivity contribution in [2.75, 3.05) is 13.2 Å². The quantitative estimate of drug-likeness (QED) is 0.290. The Kier molecular flexibility index (Phi) is 7.48. The molecular formula is C21H17FINO5S. The minimum atomic E-state index is -0.629. The summed E-state index contributed by atoms with van der Waals surface area (Å²) in [6, 6.07) is 11.5. The first-order valence-corrected chi connectivity index (χ1v) is 10.8. The lowest BCUT2D eigenvalue weighted by atomic mass is 10.2. The second-order valence-electron chi connectivity index (χ2n) is 6.18. The van der Waals surface area contributed by atoms with Gasteiger partial charge in [-0.05, 0) is 82.7 Å². The Morgan fingerprint density at radius 2 is 2.03 bits per heavy atom. The van der Waals surface area contributed by atoms with Crippen molar-refractivity contribution in [3.8, 4) is 5.75 Å². The van der Waals surface area contributed by atoms with Crippen LogP contribution in [0.4, 0.5) is 9.18 Å². The highest BCUT2D eigenvalue weighted by Gasteiger charge is 2.36. The molecule has 2 aromatic carbocycles. The Morgan fingerprint density at radius 1 is 1.23 bits per heavy atom. The molecule has 3 rings (SSSR count). The first-order valence-electron chi connectivity index (χ1n) is 8.95. The highest BCUT2D eigenvalue weighted by atomic mass is 127. The lowest BCUT2D eigenvalue weighted by molar-refractivity contribution is -0.145. The predicted molar refractivity (Wildman–Crippen MR) is 119 cm³/mol. The molecule has 1 fully saturated rings. The van der Waals surface area contributed by atoms with Crippen molar-refractivity contribution in [3.63, 3.8) is 0 Å². The number of amides is 2. The molecule has 0 spiro atoms. The Balaban J connectivity index is 1.68. The maximum absolute atomic E-state index is 13.3. The van der Waals surface area contributed by atoms with Gasteiger partial charge >= 0.3 is 5.97 Å². The molecule has 9 heteroatoms. The van der Waals surface area contributed by atoms with Crippen molar-refractivity contribution in [2.24, 2.45) is 0 Å². The van der Waals surface area contributed by atoms with E-state index < -0.39 is 23.7 Å². The van der Waals surface area contributed by atoms with Gasteiger partial charge in [-0.3, -0.25) is 19.3 Å². The second kappa shape index (κ2) is 10.1. The molecule has 0 bridgehead atoms. The highest BCUT2D eigenvalue weighted by molar-refractivity contribution is 14.1. The van der Waals surface area contributed by atoms with Crippen molar-refractivity contribution >= 4 is 57.5 Å². The SMILES string of the molecule is CCOC(=O)CN1C(=O)S/C(=C/c2ccc(OCc3cccc(F)c3)c(I)c2)C1=O. The zero-order chi connectivity index (χ0) is 21.7. The van der Waals surface area contributed by atoms with Crippen LogP contribution in [0.15, 0.2) is 47.4 Å². The molecule has 1 aliphatic rings. The summed E-state index contributed by atoms with van der Waals surface area (Å²) in [7, 11) is 0. The molecule has 1 saturated heterocycles. The summed E-state index contributed by atoms with van der Waals surface area (Å²) in [4.78, 5) is 37.2. The van der Waals surface area contributed by atoms with Crippen LogP contribution < -0.4 is 4.74 Å². The molecule has 30 heavy (non-hydrogen) atoms. The summed E-state index contributed by atoms with van der Waals surface area (Å²) < 4.78 is 24.6. The summed E-state index contributed by atoms with van der Waals surface area (Å²) >= 11 is 2.88. The fourth-order valence-electron chi connectivity index (χ4n) is 2.64. The van der Waals surface area contributed by atoms with Gasteiger partial charge in [-0.2, -0.15) is 0 Å². The molecule has 1 aliphatic heterocycles. The maximum Gasteiger partial charge on any atom is 0.326 e. The van der Waals surface area contributed by atoms with Crippen LogP contribution in [0.2, 0.25) is 0 Å². The van der Waals surface area contributed by atoms with Gasteiger partial charge in [0.05, 0.1) is 15.1 Å². The maximum atomic E-state index is 13.3. The first kappa shape index (κ1) is 22.3. The second-order valence-corrected chi connectivity index (χ2v) is 8.34. The van der Waals surface area contributed by atoms with Crippen LogP contribution in [0.3, 0.4) is 0 Å². The van der Waals surface area contributed by atoms with E-state index in [1.54, 1.807) is 43.3 Å². The van der Waals surface area contributed by atoms with E-state index in [1.165, 1.54) is 12.1 Å². The van der Waals surface area contributed by atoms with Crippen LogP contribution in [0.5, 0.6) is 5.75 Å². The fourth-order valence-corrected chi connectivity index (χ4v) is 4.17. The van der Waals surface area contributed by atoms with Gasteiger partial charge in [-0.25, -0.2) is 4.39 Å². The van der Waals surface area contributed by atoms with Crippen LogP contribution in [0.1, 0.15) is 18.1 Å². The zero-order valence-electron chi connectivity index (χ0n) is 15.9. The van der Waals surface area contributed by atoms with E-state index in [0.717, 1.165) is 20.2 Å². The topological polar surface area (TPSA) is 72.9 Å². The number of carbonyl (C=O) groups excluding carboxylic acids is 3. The van der Waals surface area contributed by atoms with Gasteiger partial charge in [0.15, 0.2) is 0 Å². The number of imide groups is 1. The van der Waals surface area contributed by atoms with Crippen LogP contribution in [0, 0.1) is 9.39 Å². The average Bonchev–Trinajstić information content (AvgIpc) is 2.95. The number of thioether (sulfide) groups is 1. The highest BCUT2D eigenvalue weighted by Crippen LogP contribution is 2.33. The minimum Gasteiger partial charge on any atom is -0.488 e. The number of carbonyl (C=O) groups is 3. The summed E-state index contributed by atoms with van der Waals surface area (Å²) in [6.45, 7) is 1.65. The molecule has 0 atom stereocenters. The minimum absolute atomic E-state index is 0.178. The Morgan fingerprint density at radius 3 is 2.73 bits per heavy atom. The lowest BCUT2D eigenvalue weighted by Crippen LogP contribution is -2.34. The largest absolute Gasteiger partial charge is 0.488 e. The number of rotatable bonds is 7. The number of nitrogens with zero attached hydrogens (tertiary/aromatic N) is 1. The van der Waals surface area contributed by atoms with E-state index in [2.05, 4.69) is 22.6 Å². The zero-order valence-corrected chi connectivity index (χ0v) is 18.9. The monoisotopic (exact) mass is 541 g/mol. The van der Waals surface area contributed by atoms with Crippen LogP contribution in [-0.4, -0.2) is 35.2 Å². The van der Waals surface area contributed by atoms with Crippen molar-refractivity contribution in [1.29, 1.82) is 0 Å². The number of halogens is 2. The van der Waals surface area contributed by atoms with Crippen LogP contribution in [0.25, 0.3) is 6.08 Å². The average molecular weight is 541 g/mol. The molecule has 6 nitrogen and oxygen atoms in total. The van der Waals surface area contributed by atoms with Crippen LogP contribution >= 0.6 is 34.4 Å². The summed E-state index contributed by atoms with van der Waals surface area (Å²) in [5.41, 5.74) is 1.42. The van der Waals surface area contributed by atoms with Crippen molar-refractivity contribution in [3.05, 3.63) is 67.9 Å². The number of hydrogen-bond donors (Lipinski definition) is 0. The third-order valence-electron chi connectivity index (χ3n) is 4.00. The van der Waals surface area contributed by atoms with Gasteiger partial charge < -0.3 is 9.47 Å². The molecule has 2 aromatic rings. The van der Waals surface area contributed by atoms with E-state index >= 15 is 0 Å². The Bertz CT molecular complexity index is 1030. The Labute approximate surface area is 190 Å². The van der Waals surface area contributed by atoms with Gasteiger partial charge in [0.1, 0.15) is 24.7 Å². The molecule has 0 unspecified atom stereocenters. The van der Waals surface area contributed by atoms with Gasteiger partial charge in [0.2, 0.25) is 0 Å². The van der Waals surface area contributed by atoms with Gasteiger partial charge in [0.25, 0.3) is 11.1 Å². The third kappa shape index (κ3) is 5.60. The molecule has 0 N–H and O–H groups in total. The molecule has 156 valence electrons. The molecule has 2 amide bonds. The number of esters is 1. The number of benzene rings is 2. The van der Waals surface area contributed by atoms with E-state index in [4.69, 9.17) is 9.47 Å². The normalized spacial score (nSPS) is 15.0. The predicted octanol–water partition coefficient (Wildman–Crippen LogP) is 4.61. The van der Waals surface area contributed by atoms with E-state index in [1.807, 2.05) is 0 Å². The summed E-state index contributed by atoms with van der Waals surface area (Å²) in [5, 5.41) is -0.510.